The molecule has 1 N–H and O–H groups in total. The summed E-state index contributed by atoms with van der Waals surface area (Å²) in [4.78, 5) is 11.4. The molecule has 0 fully saturated rings. The molecule has 0 aliphatic rings. The summed E-state index contributed by atoms with van der Waals surface area (Å²) in [6.07, 6.45) is -1.33. The maximum absolute atomic E-state index is 11.4. The number of methoxy groups -OCH3 is 2. The molecule has 18 heavy (non-hydrogen) atoms. The third-order valence-electron chi connectivity index (χ3n) is 2.74. The molecule has 1 aromatic heterocycles. The number of aryl methyl sites for hydroxylation is 1. The van der Waals surface area contributed by atoms with Gasteiger partial charge in [-0.15, -0.1) is 0 Å². The van der Waals surface area contributed by atoms with Crippen LogP contribution in [0.2, 0.25) is 0 Å². The van der Waals surface area contributed by atoms with E-state index in [0.717, 1.165) is 0 Å². The number of fused-ring (bicyclic) bond motifs is 1. The van der Waals surface area contributed by atoms with Crippen LogP contribution < -0.4 is 4.74 Å². The van der Waals surface area contributed by atoms with E-state index in [0.29, 0.717) is 28.0 Å². The van der Waals surface area contributed by atoms with Crippen LogP contribution in [0.3, 0.4) is 0 Å². The maximum atomic E-state index is 11.4. The summed E-state index contributed by atoms with van der Waals surface area (Å²) in [5.41, 5.74) is 0.949. The summed E-state index contributed by atoms with van der Waals surface area (Å²) in [6.45, 7) is 1.79. The second kappa shape index (κ2) is 4.70. The standard InChI is InChI=1S/C13H14O5/c1-7-6-9-8(11(14)13(15)17-3)4-5-10(16-2)12(9)18-7/h4-6,11,14H,1-3H3. The van der Waals surface area contributed by atoms with Gasteiger partial charge in [-0.2, -0.15) is 0 Å². The van der Waals surface area contributed by atoms with Crippen LogP contribution in [0.1, 0.15) is 17.4 Å². The number of ether oxygens (including phenoxy) is 2. The van der Waals surface area contributed by atoms with Gasteiger partial charge in [0.1, 0.15) is 5.76 Å². The highest BCUT2D eigenvalue weighted by atomic mass is 16.5. The Bertz CT molecular complexity index is 584. The number of carbonyl (C=O) groups is 1. The quantitative estimate of drug-likeness (QED) is 0.843. The predicted molar refractivity (Wildman–Crippen MR) is 64.5 cm³/mol. The zero-order chi connectivity index (χ0) is 13.3. The second-order valence-corrected chi connectivity index (χ2v) is 3.88. The van der Waals surface area contributed by atoms with Crippen molar-refractivity contribution >= 4 is 16.9 Å². The van der Waals surface area contributed by atoms with Crippen molar-refractivity contribution in [3.8, 4) is 5.75 Å². The fraction of sp³-hybridized carbons (Fsp3) is 0.308. The van der Waals surface area contributed by atoms with Gasteiger partial charge >= 0.3 is 5.97 Å². The Morgan fingerprint density at radius 3 is 2.72 bits per heavy atom. The number of furan rings is 1. The zero-order valence-electron chi connectivity index (χ0n) is 10.4. The SMILES string of the molecule is COC(=O)C(O)c1ccc(OC)c2oc(C)cc12. The summed E-state index contributed by atoms with van der Waals surface area (Å²) in [5.74, 6) is 0.520. The lowest BCUT2D eigenvalue weighted by atomic mass is 10.0. The van der Waals surface area contributed by atoms with E-state index in [-0.39, 0.29) is 0 Å². The molecule has 5 heteroatoms. The Hall–Kier alpha value is -2.01. The third kappa shape index (κ3) is 1.93. The normalized spacial score (nSPS) is 12.4. The zero-order valence-corrected chi connectivity index (χ0v) is 10.4. The molecule has 0 bridgehead atoms. The van der Waals surface area contributed by atoms with Crippen molar-refractivity contribution in [2.24, 2.45) is 0 Å². The number of esters is 1. The molecule has 1 heterocycles. The molecule has 0 saturated heterocycles. The molecule has 2 rings (SSSR count). The molecule has 1 unspecified atom stereocenters. The first kappa shape index (κ1) is 12.4. The monoisotopic (exact) mass is 250 g/mol. The van der Waals surface area contributed by atoms with E-state index in [1.165, 1.54) is 14.2 Å². The van der Waals surface area contributed by atoms with E-state index < -0.39 is 12.1 Å². The van der Waals surface area contributed by atoms with Crippen LogP contribution in [0, 0.1) is 6.92 Å². The van der Waals surface area contributed by atoms with Gasteiger partial charge < -0.3 is 19.0 Å². The lowest BCUT2D eigenvalue weighted by molar-refractivity contribution is -0.150. The molecule has 1 aromatic carbocycles. The molecule has 2 aromatic rings. The summed E-state index contributed by atoms with van der Waals surface area (Å²) in [6, 6.07) is 5.02. The molecule has 1 atom stereocenters. The van der Waals surface area contributed by atoms with Gasteiger partial charge in [0.15, 0.2) is 17.4 Å². The predicted octanol–water partition coefficient (Wildman–Crippen LogP) is 1.96. The van der Waals surface area contributed by atoms with Crippen molar-refractivity contribution < 1.29 is 23.8 Å². The number of rotatable bonds is 3. The summed E-state index contributed by atoms with van der Waals surface area (Å²) in [7, 11) is 2.76. The number of aliphatic hydroxyl groups is 1. The van der Waals surface area contributed by atoms with Crippen molar-refractivity contribution in [1.82, 2.24) is 0 Å². The fourth-order valence-electron chi connectivity index (χ4n) is 1.88. The van der Waals surface area contributed by atoms with Crippen LogP contribution in [0.4, 0.5) is 0 Å². The van der Waals surface area contributed by atoms with Gasteiger partial charge in [-0.3, -0.25) is 0 Å². The minimum absolute atomic E-state index is 0.439. The first-order valence-electron chi connectivity index (χ1n) is 5.41. The van der Waals surface area contributed by atoms with Crippen LogP contribution in [0.15, 0.2) is 22.6 Å². The number of aliphatic hydroxyl groups excluding tert-OH is 1. The van der Waals surface area contributed by atoms with Crippen molar-refractivity contribution in [2.75, 3.05) is 14.2 Å². The van der Waals surface area contributed by atoms with E-state index in [9.17, 15) is 9.90 Å². The number of carbonyl (C=O) groups excluding carboxylic acids is 1. The topological polar surface area (TPSA) is 68.9 Å². The Kier molecular flexibility index (Phi) is 3.25. The van der Waals surface area contributed by atoms with E-state index >= 15 is 0 Å². The Balaban J connectivity index is 2.62. The van der Waals surface area contributed by atoms with Gasteiger partial charge in [0.25, 0.3) is 0 Å². The Labute approximate surface area is 104 Å². The van der Waals surface area contributed by atoms with Gasteiger partial charge in [0.05, 0.1) is 14.2 Å². The van der Waals surface area contributed by atoms with E-state index in [1.54, 1.807) is 25.1 Å². The molecule has 0 aliphatic heterocycles. The highest BCUT2D eigenvalue weighted by Crippen LogP contribution is 2.34. The molecule has 0 saturated carbocycles. The van der Waals surface area contributed by atoms with Crippen LogP contribution in [-0.2, 0) is 9.53 Å². The molecular formula is C13H14O5. The number of benzene rings is 1. The summed E-state index contributed by atoms with van der Waals surface area (Å²) in [5, 5.41) is 10.5. The molecule has 0 amide bonds. The molecular weight excluding hydrogens is 236 g/mol. The number of hydrogen-bond donors (Lipinski definition) is 1. The molecule has 0 aliphatic carbocycles. The summed E-state index contributed by atoms with van der Waals surface area (Å²) < 4.78 is 15.2. The first-order valence-corrected chi connectivity index (χ1v) is 5.41. The van der Waals surface area contributed by atoms with Crippen molar-refractivity contribution in [3.63, 3.8) is 0 Å². The molecule has 0 radical (unpaired) electrons. The second-order valence-electron chi connectivity index (χ2n) is 3.88. The number of hydrogen-bond acceptors (Lipinski definition) is 5. The highest BCUT2D eigenvalue weighted by Gasteiger charge is 2.23. The Morgan fingerprint density at radius 1 is 1.39 bits per heavy atom. The minimum Gasteiger partial charge on any atom is -0.493 e. The van der Waals surface area contributed by atoms with Crippen LogP contribution in [-0.4, -0.2) is 25.3 Å². The summed E-state index contributed by atoms with van der Waals surface area (Å²) >= 11 is 0. The molecule has 5 nitrogen and oxygen atoms in total. The maximum Gasteiger partial charge on any atom is 0.339 e. The first-order chi connectivity index (χ1) is 8.58. The Morgan fingerprint density at radius 2 is 2.11 bits per heavy atom. The lowest BCUT2D eigenvalue weighted by Gasteiger charge is -2.10. The third-order valence-corrected chi connectivity index (χ3v) is 2.74. The van der Waals surface area contributed by atoms with Crippen molar-refractivity contribution in [2.45, 2.75) is 13.0 Å². The molecule has 96 valence electrons. The van der Waals surface area contributed by atoms with Crippen LogP contribution in [0.25, 0.3) is 11.0 Å². The fourth-order valence-corrected chi connectivity index (χ4v) is 1.88. The van der Waals surface area contributed by atoms with Crippen molar-refractivity contribution in [3.05, 3.63) is 29.5 Å². The van der Waals surface area contributed by atoms with Gasteiger partial charge in [-0.05, 0) is 19.1 Å². The van der Waals surface area contributed by atoms with E-state index in [2.05, 4.69) is 4.74 Å². The smallest absolute Gasteiger partial charge is 0.339 e. The largest absolute Gasteiger partial charge is 0.493 e. The van der Waals surface area contributed by atoms with Crippen LogP contribution >= 0.6 is 0 Å². The molecule has 0 spiro atoms. The van der Waals surface area contributed by atoms with E-state index in [1.807, 2.05) is 0 Å². The van der Waals surface area contributed by atoms with Gasteiger partial charge in [0.2, 0.25) is 0 Å². The average Bonchev–Trinajstić information content (AvgIpc) is 2.76. The van der Waals surface area contributed by atoms with Gasteiger partial charge in [-0.1, -0.05) is 6.07 Å². The minimum atomic E-state index is -1.33. The van der Waals surface area contributed by atoms with Gasteiger partial charge in [0, 0.05) is 10.9 Å². The average molecular weight is 250 g/mol. The highest BCUT2D eigenvalue weighted by molar-refractivity contribution is 5.91. The van der Waals surface area contributed by atoms with E-state index in [4.69, 9.17) is 9.15 Å². The lowest BCUT2D eigenvalue weighted by Crippen LogP contribution is -2.13. The van der Waals surface area contributed by atoms with Crippen LogP contribution in [0.5, 0.6) is 5.75 Å². The van der Waals surface area contributed by atoms with Gasteiger partial charge in [-0.25, -0.2) is 4.79 Å². The van der Waals surface area contributed by atoms with Crippen molar-refractivity contribution in [1.29, 1.82) is 0 Å².